The molecule has 0 aromatic rings. The Bertz CT molecular complexity index is 548. The summed E-state index contributed by atoms with van der Waals surface area (Å²) >= 11 is 0. The van der Waals surface area contributed by atoms with E-state index in [0.717, 1.165) is 22.3 Å². The van der Waals surface area contributed by atoms with Crippen molar-refractivity contribution in [2.24, 2.45) is 5.92 Å². The van der Waals surface area contributed by atoms with Gasteiger partial charge in [-0.05, 0) is 31.4 Å². The first-order chi connectivity index (χ1) is 8.50. The molecule has 0 unspecified atom stereocenters. The molecule has 1 N–H and O–H groups in total. The van der Waals surface area contributed by atoms with Crippen LogP contribution in [0, 0.1) is 5.92 Å². The summed E-state index contributed by atoms with van der Waals surface area (Å²) in [6, 6.07) is 0. The number of hydrogen-bond donors (Lipinski definition) is 1. The Labute approximate surface area is 106 Å². The smallest absolute Gasteiger partial charge is 0.334 e. The van der Waals surface area contributed by atoms with Gasteiger partial charge in [0.25, 0.3) is 0 Å². The summed E-state index contributed by atoms with van der Waals surface area (Å²) in [6.07, 6.45) is 3.68. The number of fused-ring (bicyclic) bond motifs is 3. The summed E-state index contributed by atoms with van der Waals surface area (Å²) in [7, 11) is 0. The van der Waals surface area contributed by atoms with Gasteiger partial charge in [-0.2, -0.15) is 0 Å². The number of hydrogen-bond acceptors (Lipinski definition) is 3. The van der Waals surface area contributed by atoms with Crippen LogP contribution in [0.1, 0.15) is 20.3 Å². The predicted molar refractivity (Wildman–Crippen MR) is 67.7 cm³/mol. The molecule has 18 heavy (non-hydrogen) atoms. The number of carbonyl (C=O) groups is 1. The Hall–Kier alpha value is -1.61. The van der Waals surface area contributed by atoms with Crippen molar-refractivity contribution in [1.29, 1.82) is 0 Å². The number of esters is 1. The topological polar surface area (TPSA) is 46.5 Å². The number of rotatable bonds is 0. The molecule has 1 heterocycles. The van der Waals surface area contributed by atoms with Gasteiger partial charge in [0.2, 0.25) is 0 Å². The number of ether oxygens (including phenoxy) is 1. The van der Waals surface area contributed by atoms with Crippen molar-refractivity contribution in [2.45, 2.75) is 32.5 Å². The van der Waals surface area contributed by atoms with Crippen LogP contribution >= 0.6 is 0 Å². The van der Waals surface area contributed by atoms with E-state index in [1.165, 1.54) is 0 Å². The van der Waals surface area contributed by atoms with Gasteiger partial charge in [0, 0.05) is 11.1 Å². The van der Waals surface area contributed by atoms with Gasteiger partial charge in [-0.25, -0.2) is 4.79 Å². The molecule has 3 heteroatoms. The molecule has 0 saturated carbocycles. The highest BCUT2D eigenvalue weighted by molar-refractivity contribution is 5.92. The van der Waals surface area contributed by atoms with E-state index in [-0.39, 0.29) is 18.0 Å². The van der Waals surface area contributed by atoms with Gasteiger partial charge in [-0.15, -0.1) is 0 Å². The van der Waals surface area contributed by atoms with Crippen LogP contribution in [0.2, 0.25) is 0 Å². The SMILES string of the molecule is C=C1C(=O)O[C@H]2C3=C(C)C=CC3=C(C)C[C@H](O)[C@@H]12. The van der Waals surface area contributed by atoms with Gasteiger partial charge in [-0.3, -0.25) is 0 Å². The first-order valence-corrected chi connectivity index (χ1v) is 6.17. The lowest BCUT2D eigenvalue weighted by atomic mass is 9.86. The Morgan fingerprint density at radius 2 is 2.11 bits per heavy atom. The van der Waals surface area contributed by atoms with Gasteiger partial charge in [0.1, 0.15) is 6.10 Å². The standard InChI is InChI=1S/C15H16O3/c1-7-4-5-10-8(2)6-11(16)13-9(3)15(17)18-14(13)12(7)10/h4-5,11,13-14,16H,3,6H2,1-2H3/t11-,13+,14-/m0/s1. The van der Waals surface area contributed by atoms with E-state index in [1.807, 2.05) is 26.0 Å². The fourth-order valence-corrected chi connectivity index (χ4v) is 3.16. The lowest BCUT2D eigenvalue weighted by molar-refractivity contribution is -0.137. The molecule has 94 valence electrons. The summed E-state index contributed by atoms with van der Waals surface area (Å²) < 4.78 is 5.43. The highest BCUT2D eigenvalue weighted by atomic mass is 16.6. The normalized spacial score (nSPS) is 34.7. The Balaban J connectivity index is 2.17. The number of carbonyl (C=O) groups excluding carboxylic acids is 1. The zero-order chi connectivity index (χ0) is 13.0. The van der Waals surface area contributed by atoms with E-state index >= 15 is 0 Å². The van der Waals surface area contributed by atoms with Gasteiger partial charge >= 0.3 is 5.97 Å². The molecule has 1 aliphatic heterocycles. The fourth-order valence-electron chi connectivity index (χ4n) is 3.16. The summed E-state index contributed by atoms with van der Waals surface area (Å²) in [6.45, 7) is 7.81. The van der Waals surface area contributed by atoms with Gasteiger partial charge in [0.05, 0.1) is 12.0 Å². The summed E-state index contributed by atoms with van der Waals surface area (Å²) in [5.74, 6) is -0.690. The van der Waals surface area contributed by atoms with Gasteiger partial charge < -0.3 is 9.84 Å². The highest BCUT2D eigenvalue weighted by Crippen LogP contribution is 2.45. The molecule has 3 nitrogen and oxygen atoms in total. The van der Waals surface area contributed by atoms with E-state index in [4.69, 9.17) is 4.74 Å². The second kappa shape index (κ2) is 3.69. The Kier molecular flexibility index (Phi) is 2.35. The predicted octanol–water partition coefficient (Wildman–Crippen LogP) is 2.05. The molecule has 1 fully saturated rings. The van der Waals surface area contributed by atoms with Crippen molar-refractivity contribution in [3.05, 3.63) is 46.6 Å². The van der Waals surface area contributed by atoms with Crippen LogP contribution in [0.5, 0.6) is 0 Å². The minimum absolute atomic E-state index is 0.310. The molecule has 2 aliphatic carbocycles. The van der Waals surface area contributed by atoms with Crippen LogP contribution in [0.25, 0.3) is 0 Å². The zero-order valence-electron chi connectivity index (χ0n) is 10.6. The van der Waals surface area contributed by atoms with E-state index in [9.17, 15) is 9.90 Å². The van der Waals surface area contributed by atoms with Gasteiger partial charge in [-0.1, -0.05) is 24.3 Å². The van der Waals surface area contributed by atoms with E-state index in [0.29, 0.717) is 12.0 Å². The van der Waals surface area contributed by atoms with Crippen molar-refractivity contribution < 1.29 is 14.6 Å². The molecular weight excluding hydrogens is 228 g/mol. The number of allylic oxidation sites excluding steroid dienone is 3. The Morgan fingerprint density at radius 1 is 1.39 bits per heavy atom. The molecule has 1 saturated heterocycles. The first kappa shape index (κ1) is 11.5. The van der Waals surface area contributed by atoms with E-state index in [2.05, 4.69) is 6.58 Å². The quantitative estimate of drug-likeness (QED) is 0.524. The number of aliphatic hydroxyl groups is 1. The third kappa shape index (κ3) is 1.37. The maximum atomic E-state index is 11.7. The van der Waals surface area contributed by atoms with Crippen LogP contribution in [-0.2, 0) is 9.53 Å². The average molecular weight is 244 g/mol. The molecule has 0 amide bonds. The maximum absolute atomic E-state index is 11.7. The van der Waals surface area contributed by atoms with Crippen molar-refractivity contribution >= 4 is 5.97 Å². The maximum Gasteiger partial charge on any atom is 0.334 e. The van der Waals surface area contributed by atoms with Crippen LogP contribution in [0.3, 0.4) is 0 Å². The lowest BCUT2D eigenvalue weighted by Crippen LogP contribution is -2.29. The molecule has 0 aromatic heterocycles. The number of aliphatic hydroxyl groups excluding tert-OH is 1. The first-order valence-electron chi connectivity index (χ1n) is 6.17. The van der Waals surface area contributed by atoms with Crippen molar-refractivity contribution in [2.75, 3.05) is 0 Å². The highest BCUT2D eigenvalue weighted by Gasteiger charge is 2.47. The van der Waals surface area contributed by atoms with Crippen LogP contribution < -0.4 is 0 Å². The molecule has 0 spiro atoms. The molecule has 3 atom stereocenters. The summed E-state index contributed by atoms with van der Waals surface area (Å²) in [4.78, 5) is 11.7. The van der Waals surface area contributed by atoms with E-state index in [1.54, 1.807) is 0 Å². The van der Waals surface area contributed by atoms with E-state index < -0.39 is 6.10 Å². The fraction of sp³-hybridized carbons (Fsp3) is 0.400. The minimum atomic E-state index is -0.597. The third-order valence-electron chi connectivity index (χ3n) is 4.11. The van der Waals surface area contributed by atoms with Crippen molar-refractivity contribution in [3.63, 3.8) is 0 Å². The van der Waals surface area contributed by atoms with Crippen LogP contribution in [0.15, 0.2) is 46.6 Å². The van der Waals surface area contributed by atoms with Crippen molar-refractivity contribution in [3.8, 4) is 0 Å². The lowest BCUT2D eigenvalue weighted by Gasteiger charge is -2.21. The summed E-state index contributed by atoms with van der Waals surface area (Å²) in [5.41, 5.74) is 4.80. The van der Waals surface area contributed by atoms with Crippen LogP contribution in [-0.4, -0.2) is 23.3 Å². The third-order valence-corrected chi connectivity index (χ3v) is 4.11. The zero-order valence-corrected chi connectivity index (χ0v) is 10.6. The largest absolute Gasteiger partial charge is 0.453 e. The monoisotopic (exact) mass is 244 g/mol. The molecule has 0 aromatic carbocycles. The van der Waals surface area contributed by atoms with Crippen molar-refractivity contribution in [1.82, 2.24) is 0 Å². The minimum Gasteiger partial charge on any atom is -0.453 e. The van der Waals surface area contributed by atoms with Gasteiger partial charge in [0.15, 0.2) is 0 Å². The molecular formula is C15H16O3. The second-order valence-corrected chi connectivity index (χ2v) is 5.27. The Morgan fingerprint density at radius 3 is 2.83 bits per heavy atom. The molecule has 0 radical (unpaired) electrons. The molecule has 0 bridgehead atoms. The molecule has 3 rings (SSSR count). The second-order valence-electron chi connectivity index (χ2n) is 5.27. The summed E-state index contributed by atoms with van der Waals surface area (Å²) in [5, 5.41) is 10.3. The average Bonchev–Trinajstić information content (AvgIpc) is 2.77. The van der Waals surface area contributed by atoms with Crippen LogP contribution in [0.4, 0.5) is 0 Å². The molecule has 3 aliphatic rings.